The van der Waals surface area contributed by atoms with Crippen LogP contribution in [-0.4, -0.2) is 11.2 Å². The van der Waals surface area contributed by atoms with Crippen molar-refractivity contribution >= 4 is 0 Å². The van der Waals surface area contributed by atoms with Crippen LogP contribution in [0.15, 0.2) is 23.8 Å². The van der Waals surface area contributed by atoms with E-state index in [9.17, 15) is 5.11 Å². The molecular formula is C10H16O. The van der Waals surface area contributed by atoms with E-state index >= 15 is 0 Å². The lowest BCUT2D eigenvalue weighted by Crippen LogP contribution is -2.23. The van der Waals surface area contributed by atoms with Crippen LogP contribution in [0.25, 0.3) is 0 Å². The largest absolute Gasteiger partial charge is 0.388 e. The van der Waals surface area contributed by atoms with Gasteiger partial charge in [0.05, 0.1) is 6.10 Å². The fourth-order valence-electron chi connectivity index (χ4n) is 1.42. The quantitative estimate of drug-likeness (QED) is 0.610. The van der Waals surface area contributed by atoms with E-state index in [0.29, 0.717) is 11.8 Å². The second kappa shape index (κ2) is 3.22. The van der Waals surface area contributed by atoms with Crippen molar-refractivity contribution in [3.05, 3.63) is 23.8 Å². The van der Waals surface area contributed by atoms with Gasteiger partial charge in [0.2, 0.25) is 0 Å². The van der Waals surface area contributed by atoms with E-state index in [0.717, 1.165) is 0 Å². The lowest BCUT2D eigenvalue weighted by Gasteiger charge is -2.24. The highest BCUT2D eigenvalue weighted by Gasteiger charge is 2.20. The van der Waals surface area contributed by atoms with Gasteiger partial charge >= 0.3 is 0 Å². The van der Waals surface area contributed by atoms with Crippen LogP contribution in [0.1, 0.15) is 20.8 Å². The van der Waals surface area contributed by atoms with Crippen LogP contribution >= 0.6 is 0 Å². The zero-order valence-electron chi connectivity index (χ0n) is 7.41. The van der Waals surface area contributed by atoms with Crippen LogP contribution in [0.5, 0.6) is 0 Å². The molecule has 0 aromatic heterocycles. The Labute approximate surface area is 68.4 Å². The maximum atomic E-state index is 9.53. The molecule has 1 N–H and O–H groups in total. The topological polar surface area (TPSA) is 20.2 Å². The van der Waals surface area contributed by atoms with Gasteiger partial charge in [-0.2, -0.15) is 0 Å². The highest BCUT2D eigenvalue weighted by Crippen LogP contribution is 2.23. The Morgan fingerprint density at radius 3 is 2.55 bits per heavy atom. The van der Waals surface area contributed by atoms with E-state index in [1.54, 1.807) is 0 Å². The van der Waals surface area contributed by atoms with Crippen LogP contribution in [0.2, 0.25) is 0 Å². The molecule has 2 atom stereocenters. The Morgan fingerprint density at radius 2 is 2.09 bits per heavy atom. The predicted molar refractivity (Wildman–Crippen MR) is 47.2 cm³/mol. The van der Waals surface area contributed by atoms with E-state index in [1.165, 1.54) is 5.57 Å². The molecule has 11 heavy (non-hydrogen) atoms. The molecule has 0 heterocycles. The third-order valence-electron chi connectivity index (χ3n) is 2.18. The van der Waals surface area contributed by atoms with Crippen molar-refractivity contribution in [2.24, 2.45) is 11.8 Å². The summed E-state index contributed by atoms with van der Waals surface area (Å²) in [5.41, 5.74) is 1.26. The summed E-state index contributed by atoms with van der Waals surface area (Å²) in [6, 6.07) is 0. The Bertz CT molecular complexity index is 189. The highest BCUT2D eigenvalue weighted by molar-refractivity contribution is 5.24. The van der Waals surface area contributed by atoms with Gasteiger partial charge in [0, 0.05) is 5.92 Å². The number of allylic oxidation sites excluding steroid dienone is 2. The van der Waals surface area contributed by atoms with Crippen LogP contribution in [0, 0.1) is 11.8 Å². The lowest BCUT2D eigenvalue weighted by molar-refractivity contribution is 0.148. The van der Waals surface area contributed by atoms with Gasteiger partial charge < -0.3 is 5.11 Å². The molecule has 0 aromatic rings. The molecule has 0 bridgehead atoms. The van der Waals surface area contributed by atoms with Crippen LogP contribution in [0.3, 0.4) is 0 Å². The minimum absolute atomic E-state index is 0.279. The molecule has 1 nitrogen and oxygen atoms in total. The molecule has 1 heteroatoms. The van der Waals surface area contributed by atoms with Crippen molar-refractivity contribution < 1.29 is 5.11 Å². The highest BCUT2D eigenvalue weighted by atomic mass is 16.3. The van der Waals surface area contributed by atoms with Crippen molar-refractivity contribution in [3.63, 3.8) is 0 Å². The first-order valence-corrected chi connectivity index (χ1v) is 4.16. The molecule has 1 aliphatic rings. The minimum Gasteiger partial charge on any atom is -0.388 e. The smallest absolute Gasteiger partial charge is 0.0789 e. The summed E-state index contributed by atoms with van der Waals surface area (Å²) in [6.45, 7) is 6.34. The predicted octanol–water partition coefficient (Wildman–Crippen LogP) is 2.14. The number of hydrogen-bond donors (Lipinski definition) is 1. The van der Waals surface area contributed by atoms with Gasteiger partial charge in [-0.05, 0) is 12.8 Å². The molecule has 0 aliphatic heterocycles. The van der Waals surface area contributed by atoms with Crippen LogP contribution in [-0.2, 0) is 0 Å². The monoisotopic (exact) mass is 152 g/mol. The zero-order valence-corrected chi connectivity index (χ0v) is 7.41. The Morgan fingerprint density at radius 1 is 1.45 bits per heavy atom. The summed E-state index contributed by atoms with van der Waals surface area (Å²) in [7, 11) is 0. The van der Waals surface area contributed by atoms with E-state index in [-0.39, 0.29) is 6.10 Å². The van der Waals surface area contributed by atoms with Gasteiger partial charge in [-0.1, -0.05) is 37.6 Å². The van der Waals surface area contributed by atoms with Crippen LogP contribution < -0.4 is 0 Å². The van der Waals surface area contributed by atoms with Crippen LogP contribution in [0.4, 0.5) is 0 Å². The first-order valence-electron chi connectivity index (χ1n) is 4.16. The summed E-state index contributed by atoms with van der Waals surface area (Å²) in [5, 5.41) is 9.53. The zero-order chi connectivity index (χ0) is 8.43. The number of hydrogen-bond acceptors (Lipinski definition) is 1. The summed E-state index contributed by atoms with van der Waals surface area (Å²) >= 11 is 0. The second-order valence-corrected chi connectivity index (χ2v) is 3.58. The number of aliphatic hydroxyl groups excluding tert-OH is 1. The summed E-state index contributed by atoms with van der Waals surface area (Å²) in [5.74, 6) is 0.824. The Kier molecular flexibility index (Phi) is 2.50. The lowest BCUT2D eigenvalue weighted by atomic mass is 9.85. The molecule has 0 spiro atoms. The second-order valence-electron chi connectivity index (χ2n) is 3.58. The Balaban J connectivity index is 2.73. The molecule has 0 radical (unpaired) electrons. The molecule has 0 fully saturated rings. The third kappa shape index (κ3) is 1.93. The van der Waals surface area contributed by atoms with Gasteiger partial charge in [-0.15, -0.1) is 0 Å². The average molecular weight is 152 g/mol. The summed E-state index contributed by atoms with van der Waals surface area (Å²) in [6.07, 6.45) is 5.72. The number of aliphatic hydroxyl groups is 1. The van der Waals surface area contributed by atoms with Gasteiger partial charge in [0.1, 0.15) is 0 Å². The van der Waals surface area contributed by atoms with Crippen molar-refractivity contribution in [2.45, 2.75) is 26.9 Å². The van der Waals surface area contributed by atoms with Crippen molar-refractivity contribution in [3.8, 4) is 0 Å². The maximum absolute atomic E-state index is 9.53. The standard InChI is InChI=1S/C10H16O/c1-7(2)9-6-8(3)4-5-10(9)11/h4-7,9-11H,1-3H3/t9-,10?/m0/s1. The van der Waals surface area contributed by atoms with Gasteiger partial charge in [0.15, 0.2) is 0 Å². The third-order valence-corrected chi connectivity index (χ3v) is 2.18. The van der Waals surface area contributed by atoms with E-state index < -0.39 is 0 Å². The van der Waals surface area contributed by atoms with Gasteiger partial charge in [-0.25, -0.2) is 0 Å². The van der Waals surface area contributed by atoms with E-state index in [4.69, 9.17) is 0 Å². The Hall–Kier alpha value is -0.560. The fraction of sp³-hybridized carbons (Fsp3) is 0.600. The molecular weight excluding hydrogens is 136 g/mol. The molecule has 0 amide bonds. The van der Waals surface area contributed by atoms with Gasteiger partial charge in [-0.3, -0.25) is 0 Å². The van der Waals surface area contributed by atoms with E-state index in [2.05, 4.69) is 26.8 Å². The molecule has 1 unspecified atom stereocenters. The molecule has 1 rings (SSSR count). The van der Waals surface area contributed by atoms with E-state index in [1.807, 2.05) is 12.2 Å². The molecule has 0 aromatic carbocycles. The number of rotatable bonds is 1. The first-order chi connectivity index (χ1) is 5.11. The minimum atomic E-state index is -0.279. The molecule has 0 saturated carbocycles. The van der Waals surface area contributed by atoms with Crippen molar-refractivity contribution in [1.82, 2.24) is 0 Å². The van der Waals surface area contributed by atoms with Crippen molar-refractivity contribution in [1.29, 1.82) is 0 Å². The normalized spacial score (nSPS) is 30.8. The van der Waals surface area contributed by atoms with Gasteiger partial charge in [0.25, 0.3) is 0 Å². The summed E-state index contributed by atoms with van der Waals surface area (Å²) < 4.78 is 0. The SMILES string of the molecule is CC1=C[C@@H](C(C)C)C(O)C=C1. The molecule has 0 saturated heterocycles. The van der Waals surface area contributed by atoms with Crippen molar-refractivity contribution in [2.75, 3.05) is 0 Å². The molecule has 62 valence electrons. The molecule has 1 aliphatic carbocycles. The average Bonchev–Trinajstić information content (AvgIpc) is 1.94. The first kappa shape index (κ1) is 8.54. The summed E-state index contributed by atoms with van der Waals surface area (Å²) in [4.78, 5) is 0. The maximum Gasteiger partial charge on any atom is 0.0789 e. The fourth-order valence-corrected chi connectivity index (χ4v) is 1.42.